The fraction of sp³-hybridized carbons (Fsp3) is 0.783. The van der Waals surface area contributed by atoms with Crippen LogP contribution in [0, 0.1) is 0 Å². The molecule has 6 nitrogen and oxygen atoms in total. The van der Waals surface area contributed by atoms with E-state index in [1.165, 1.54) is 186 Å². The summed E-state index contributed by atoms with van der Waals surface area (Å²) in [4.78, 5) is 38.2. The van der Waals surface area contributed by atoms with Crippen LogP contribution in [0.1, 0.15) is 329 Å². The van der Waals surface area contributed by atoms with Crippen LogP contribution in [-0.4, -0.2) is 37.2 Å². The number of rotatable bonds is 59. The topological polar surface area (TPSA) is 78.9 Å². The van der Waals surface area contributed by atoms with Gasteiger partial charge in [0, 0.05) is 19.3 Å². The average Bonchev–Trinajstić information content (AvgIpc) is 3.41. The Labute approximate surface area is 465 Å². The molecule has 0 N–H and O–H groups in total. The molecular formula is C69H122O6. The minimum Gasteiger partial charge on any atom is -0.462 e. The summed E-state index contributed by atoms with van der Waals surface area (Å²) < 4.78 is 16.9. The summed E-state index contributed by atoms with van der Waals surface area (Å²) >= 11 is 0. The zero-order valence-corrected chi connectivity index (χ0v) is 49.8. The van der Waals surface area contributed by atoms with Crippen molar-refractivity contribution in [2.45, 2.75) is 335 Å². The maximum Gasteiger partial charge on any atom is 0.306 e. The average molecular weight is 1050 g/mol. The molecule has 1 unspecified atom stereocenters. The van der Waals surface area contributed by atoms with Crippen molar-refractivity contribution in [3.8, 4) is 0 Å². The van der Waals surface area contributed by atoms with Gasteiger partial charge in [0.2, 0.25) is 0 Å². The van der Waals surface area contributed by atoms with Gasteiger partial charge >= 0.3 is 17.9 Å². The summed E-state index contributed by atoms with van der Waals surface area (Å²) in [6, 6.07) is 0. The molecule has 0 rings (SSSR count). The van der Waals surface area contributed by atoms with Crippen molar-refractivity contribution in [1.29, 1.82) is 0 Å². The van der Waals surface area contributed by atoms with Gasteiger partial charge in [-0.15, -0.1) is 0 Å². The number of carbonyl (C=O) groups is 3. The number of carbonyl (C=O) groups excluding carboxylic acids is 3. The summed E-state index contributed by atoms with van der Waals surface area (Å²) in [7, 11) is 0. The number of hydrogen-bond donors (Lipinski definition) is 0. The Morgan fingerprint density at radius 3 is 0.867 bits per heavy atom. The lowest BCUT2D eigenvalue weighted by atomic mass is 10.0. The highest BCUT2D eigenvalue weighted by Gasteiger charge is 2.19. The fourth-order valence-electron chi connectivity index (χ4n) is 9.29. The van der Waals surface area contributed by atoms with E-state index in [4.69, 9.17) is 14.2 Å². The summed E-state index contributed by atoms with van der Waals surface area (Å²) in [5, 5.41) is 0. The number of esters is 3. The van der Waals surface area contributed by atoms with Crippen molar-refractivity contribution in [1.82, 2.24) is 0 Å². The number of ether oxygens (including phenoxy) is 3. The Balaban J connectivity index is 4.19. The molecule has 0 aliphatic carbocycles. The molecule has 434 valence electrons. The number of allylic oxidation sites excluding steroid dienone is 12. The van der Waals surface area contributed by atoms with Gasteiger partial charge in [0.25, 0.3) is 0 Å². The summed E-state index contributed by atoms with van der Waals surface area (Å²) in [5.41, 5.74) is 0. The number of unbranched alkanes of at least 4 members (excludes halogenated alkanes) is 36. The second kappa shape index (κ2) is 63.4. The quantitative estimate of drug-likeness (QED) is 0.0261. The van der Waals surface area contributed by atoms with Crippen molar-refractivity contribution in [3.05, 3.63) is 72.9 Å². The van der Waals surface area contributed by atoms with Crippen LogP contribution in [0.5, 0.6) is 0 Å². The van der Waals surface area contributed by atoms with E-state index in [1.807, 2.05) is 0 Å². The van der Waals surface area contributed by atoms with E-state index in [-0.39, 0.29) is 31.1 Å². The SMILES string of the molecule is CC/C=C\C/C=C\C/C=C\C/C=C\CCCCCCC(=O)OC(COC(=O)CCCCCCC/C=C\CCCC)COC(=O)CCCCCCCCCCCCCCCCCCC/C=C\CCCCCCCCCC. The van der Waals surface area contributed by atoms with Crippen LogP contribution in [0.3, 0.4) is 0 Å². The lowest BCUT2D eigenvalue weighted by molar-refractivity contribution is -0.167. The van der Waals surface area contributed by atoms with Gasteiger partial charge < -0.3 is 14.2 Å². The summed E-state index contributed by atoms with van der Waals surface area (Å²) in [6.45, 7) is 6.49. The summed E-state index contributed by atoms with van der Waals surface area (Å²) in [5.74, 6) is -0.908. The molecule has 1 atom stereocenters. The van der Waals surface area contributed by atoms with Gasteiger partial charge in [-0.1, -0.05) is 280 Å². The Hall–Kier alpha value is -3.15. The van der Waals surface area contributed by atoms with Crippen LogP contribution in [0.15, 0.2) is 72.9 Å². The van der Waals surface area contributed by atoms with E-state index in [0.717, 1.165) is 103 Å². The van der Waals surface area contributed by atoms with Crippen LogP contribution in [0.4, 0.5) is 0 Å². The zero-order chi connectivity index (χ0) is 54.3. The second-order valence-corrected chi connectivity index (χ2v) is 21.6. The van der Waals surface area contributed by atoms with Crippen molar-refractivity contribution < 1.29 is 28.6 Å². The van der Waals surface area contributed by atoms with Crippen LogP contribution in [-0.2, 0) is 28.6 Å². The lowest BCUT2D eigenvalue weighted by Gasteiger charge is -2.18. The van der Waals surface area contributed by atoms with Crippen LogP contribution in [0.2, 0.25) is 0 Å². The molecule has 75 heavy (non-hydrogen) atoms. The van der Waals surface area contributed by atoms with Crippen molar-refractivity contribution in [2.24, 2.45) is 0 Å². The van der Waals surface area contributed by atoms with E-state index in [9.17, 15) is 14.4 Å². The molecule has 0 aromatic carbocycles. The van der Waals surface area contributed by atoms with E-state index in [0.29, 0.717) is 19.3 Å². The molecule has 0 aromatic rings. The van der Waals surface area contributed by atoms with E-state index >= 15 is 0 Å². The van der Waals surface area contributed by atoms with Crippen LogP contribution >= 0.6 is 0 Å². The Bertz CT molecular complexity index is 1390. The van der Waals surface area contributed by atoms with E-state index < -0.39 is 6.10 Å². The molecule has 0 bridgehead atoms. The predicted molar refractivity (Wildman–Crippen MR) is 325 cm³/mol. The minimum absolute atomic E-state index is 0.0860. The zero-order valence-electron chi connectivity index (χ0n) is 49.8. The Morgan fingerprint density at radius 1 is 0.280 bits per heavy atom. The first-order valence-corrected chi connectivity index (χ1v) is 32.4. The molecule has 0 saturated carbocycles. The lowest BCUT2D eigenvalue weighted by Crippen LogP contribution is -2.30. The maximum atomic E-state index is 12.9. The smallest absolute Gasteiger partial charge is 0.306 e. The molecule has 0 radical (unpaired) electrons. The molecule has 0 fully saturated rings. The molecule has 0 aromatic heterocycles. The van der Waals surface area contributed by atoms with Crippen molar-refractivity contribution in [2.75, 3.05) is 13.2 Å². The normalized spacial score (nSPS) is 12.5. The molecule has 6 heteroatoms. The third kappa shape index (κ3) is 61.6. The van der Waals surface area contributed by atoms with Gasteiger partial charge in [0.1, 0.15) is 13.2 Å². The molecular weight excluding hydrogens is 925 g/mol. The first kappa shape index (κ1) is 71.8. The molecule has 0 spiro atoms. The highest BCUT2D eigenvalue weighted by Crippen LogP contribution is 2.17. The van der Waals surface area contributed by atoms with Gasteiger partial charge in [-0.05, 0) is 103 Å². The van der Waals surface area contributed by atoms with Gasteiger partial charge in [0.15, 0.2) is 6.10 Å². The highest BCUT2D eigenvalue weighted by atomic mass is 16.6. The maximum absolute atomic E-state index is 12.9. The van der Waals surface area contributed by atoms with Crippen molar-refractivity contribution >= 4 is 17.9 Å². The Kier molecular flexibility index (Phi) is 60.7. The van der Waals surface area contributed by atoms with Gasteiger partial charge in [-0.25, -0.2) is 0 Å². The largest absolute Gasteiger partial charge is 0.462 e. The van der Waals surface area contributed by atoms with Gasteiger partial charge in [-0.2, -0.15) is 0 Å². The molecule has 0 amide bonds. The second-order valence-electron chi connectivity index (χ2n) is 21.6. The van der Waals surface area contributed by atoms with Gasteiger partial charge in [0.05, 0.1) is 0 Å². The van der Waals surface area contributed by atoms with Crippen LogP contribution in [0.25, 0.3) is 0 Å². The van der Waals surface area contributed by atoms with Crippen LogP contribution < -0.4 is 0 Å². The number of hydrogen-bond acceptors (Lipinski definition) is 6. The fourth-order valence-corrected chi connectivity index (χ4v) is 9.29. The highest BCUT2D eigenvalue weighted by molar-refractivity contribution is 5.71. The molecule has 0 saturated heterocycles. The third-order valence-electron chi connectivity index (χ3n) is 14.2. The minimum atomic E-state index is -0.791. The van der Waals surface area contributed by atoms with E-state index in [1.54, 1.807) is 0 Å². The van der Waals surface area contributed by atoms with Gasteiger partial charge in [-0.3, -0.25) is 14.4 Å². The van der Waals surface area contributed by atoms with E-state index in [2.05, 4.69) is 93.7 Å². The standard InChI is InChI=1S/C69H122O6/c1-4-7-10-13-16-19-22-24-26-28-29-30-31-32-33-34-35-36-37-38-39-41-42-44-47-50-53-56-59-62-68(71)74-65-66(64-73-67(70)61-58-55-52-49-46-21-18-15-12-9-6-3)75-69(72)63-60-57-54-51-48-45-43-40-27-25-23-20-17-14-11-8-5-2/h8,11,15,17-18,20,25,27-29,43,45,66H,4-7,9-10,12-14,16,19,21-24,26,30-42,44,46-65H2,1-3H3/b11-8-,18-15-,20-17-,27-25-,29-28-,45-43-. The molecule has 0 aliphatic rings. The Morgan fingerprint density at radius 2 is 0.533 bits per heavy atom. The first-order chi connectivity index (χ1) is 37.0. The third-order valence-corrected chi connectivity index (χ3v) is 14.2. The predicted octanol–water partition coefficient (Wildman–Crippen LogP) is 22.1. The monoisotopic (exact) mass is 1050 g/mol. The van der Waals surface area contributed by atoms with Crippen molar-refractivity contribution in [3.63, 3.8) is 0 Å². The summed E-state index contributed by atoms with van der Waals surface area (Å²) in [6.07, 6.45) is 82.2. The first-order valence-electron chi connectivity index (χ1n) is 32.4. The molecule has 0 heterocycles. The molecule has 0 aliphatic heterocycles.